The van der Waals surface area contributed by atoms with E-state index in [1.165, 1.54) is 21.2 Å². The first-order chi connectivity index (χ1) is 13.9. The second-order valence-electron chi connectivity index (χ2n) is 8.26. The molecule has 0 fully saturated rings. The van der Waals surface area contributed by atoms with Gasteiger partial charge in [-0.1, -0.05) is 63.0 Å². The van der Waals surface area contributed by atoms with E-state index >= 15 is 0 Å². The van der Waals surface area contributed by atoms with Crippen LogP contribution in [-0.4, -0.2) is 42.6 Å². The number of thiocarbonyl (C=S) groups is 1. The Hall–Kier alpha value is -1.56. The third kappa shape index (κ3) is 5.33. The van der Waals surface area contributed by atoms with Crippen molar-refractivity contribution in [2.45, 2.75) is 49.9 Å². The van der Waals surface area contributed by atoms with Gasteiger partial charge in [0.2, 0.25) is 0 Å². The van der Waals surface area contributed by atoms with Crippen LogP contribution in [-0.2, 0) is 0 Å². The molecule has 156 valence electrons. The van der Waals surface area contributed by atoms with Crippen molar-refractivity contribution in [3.05, 3.63) is 48.0 Å². The molecular formula is C24H33N3S2. The fourth-order valence-electron chi connectivity index (χ4n) is 3.64. The molecule has 1 unspecified atom stereocenters. The first-order valence-electron chi connectivity index (χ1n) is 10.6. The number of hydrogen-bond acceptors (Lipinski definition) is 4. The molecule has 0 aliphatic carbocycles. The maximum Gasteiger partial charge on any atom is 0.106 e. The van der Waals surface area contributed by atoms with Gasteiger partial charge in [-0.2, -0.15) is 0 Å². The van der Waals surface area contributed by atoms with E-state index in [9.17, 15) is 0 Å². The topological polar surface area (TPSA) is 18.5 Å². The average Bonchev–Trinajstić information content (AvgIpc) is 2.70. The van der Waals surface area contributed by atoms with Gasteiger partial charge in [0.25, 0.3) is 0 Å². The number of benzene rings is 2. The number of nitrogens with zero attached hydrogens (tertiary/aromatic N) is 2. The van der Waals surface area contributed by atoms with Gasteiger partial charge in [-0.3, -0.25) is 0 Å². The highest BCUT2D eigenvalue weighted by Crippen LogP contribution is 2.49. The lowest BCUT2D eigenvalue weighted by Crippen LogP contribution is -2.39. The molecule has 2 aromatic rings. The van der Waals surface area contributed by atoms with E-state index in [0.717, 1.165) is 36.6 Å². The lowest BCUT2D eigenvalue weighted by atomic mass is 10.1. The number of rotatable bonds is 8. The highest BCUT2D eigenvalue weighted by Gasteiger charge is 2.28. The quantitative estimate of drug-likeness (QED) is 0.524. The zero-order valence-corrected chi connectivity index (χ0v) is 19.9. The number of para-hydroxylation sites is 1. The molecule has 1 aliphatic heterocycles. The van der Waals surface area contributed by atoms with Gasteiger partial charge < -0.3 is 15.1 Å². The minimum absolute atomic E-state index is 0.360. The Morgan fingerprint density at radius 2 is 1.83 bits per heavy atom. The van der Waals surface area contributed by atoms with Gasteiger partial charge >= 0.3 is 0 Å². The molecule has 29 heavy (non-hydrogen) atoms. The molecule has 0 saturated heterocycles. The summed E-state index contributed by atoms with van der Waals surface area (Å²) < 4.78 is 0. The number of anilines is 2. The summed E-state index contributed by atoms with van der Waals surface area (Å²) in [5.41, 5.74) is 3.65. The highest BCUT2D eigenvalue weighted by atomic mass is 32.2. The molecule has 0 amide bonds. The summed E-state index contributed by atoms with van der Waals surface area (Å²) in [5, 5.41) is 3.44. The third-order valence-electron chi connectivity index (χ3n) is 5.39. The number of nitrogens with one attached hydrogen (secondary N) is 1. The van der Waals surface area contributed by atoms with Gasteiger partial charge in [0, 0.05) is 34.5 Å². The standard InChI is InChI=1S/C24H33N3S2/c1-6-26(5)16-18(4)27-20-9-7-8-10-22(20)29-23-12-11-19(15-21(23)27)24(28)25-14-13-17(2)3/h7-12,15,17-18H,6,13-14,16H2,1-5H3,(H,25,28). The SMILES string of the molecule is CCN(C)CC(C)N1c2ccccc2Sc2ccc(C(=S)NCCC(C)C)cc21. The van der Waals surface area contributed by atoms with Crippen LogP contribution in [0.4, 0.5) is 11.4 Å². The molecule has 2 aromatic carbocycles. The van der Waals surface area contributed by atoms with E-state index in [4.69, 9.17) is 12.2 Å². The first kappa shape index (κ1) is 22.1. The molecular weight excluding hydrogens is 394 g/mol. The van der Waals surface area contributed by atoms with Crippen molar-refractivity contribution in [3.63, 3.8) is 0 Å². The van der Waals surface area contributed by atoms with Crippen LogP contribution in [0, 0.1) is 5.92 Å². The van der Waals surface area contributed by atoms with Crippen LogP contribution in [0.1, 0.15) is 39.7 Å². The normalized spacial score (nSPS) is 14.0. The molecule has 3 nitrogen and oxygen atoms in total. The van der Waals surface area contributed by atoms with Crippen LogP contribution >= 0.6 is 24.0 Å². The summed E-state index contributed by atoms with van der Waals surface area (Å²) in [5.74, 6) is 0.675. The second kappa shape index (κ2) is 9.96. The van der Waals surface area contributed by atoms with Crippen molar-refractivity contribution in [1.82, 2.24) is 10.2 Å². The Morgan fingerprint density at radius 1 is 1.10 bits per heavy atom. The maximum absolute atomic E-state index is 5.70. The van der Waals surface area contributed by atoms with Crippen molar-refractivity contribution in [2.24, 2.45) is 5.92 Å². The zero-order chi connectivity index (χ0) is 21.0. The lowest BCUT2D eigenvalue weighted by Gasteiger charge is -2.39. The van der Waals surface area contributed by atoms with E-state index in [-0.39, 0.29) is 0 Å². The fourth-order valence-corrected chi connectivity index (χ4v) is 4.92. The minimum Gasteiger partial charge on any atom is -0.376 e. The van der Waals surface area contributed by atoms with Crippen molar-refractivity contribution < 1.29 is 0 Å². The highest BCUT2D eigenvalue weighted by molar-refractivity contribution is 7.99. The van der Waals surface area contributed by atoms with Gasteiger partial charge in [-0.15, -0.1) is 0 Å². The molecule has 3 rings (SSSR count). The predicted octanol–water partition coefficient (Wildman–Crippen LogP) is 5.94. The summed E-state index contributed by atoms with van der Waals surface area (Å²) >= 11 is 7.56. The van der Waals surface area contributed by atoms with Crippen LogP contribution in [0.25, 0.3) is 0 Å². The Kier molecular flexibility index (Phi) is 7.60. The molecule has 5 heteroatoms. The Labute approximate surface area is 185 Å². The van der Waals surface area contributed by atoms with Crippen molar-refractivity contribution in [1.29, 1.82) is 0 Å². The predicted molar refractivity (Wildman–Crippen MR) is 131 cm³/mol. The van der Waals surface area contributed by atoms with Gasteiger partial charge in [0.15, 0.2) is 0 Å². The van der Waals surface area contributed by atoms with Crippen LogP contribution in [0.15, 0.2) is 52.3 Å². The van der Waals surface area contributed by atoms with Crippen LogP contribution in [0.3, 0.4) is 0 Å². The molecule has 1 atom stereocenters. The minimum atomic E-state index is 0.360. The van der Waals surface area contributed by atoms with E-state index < -0.39 is 0 Å². The van der Waals surface area contributed by atoms with Crippen LogP contribution in [0.5, 0.6) is 0 Å². The van der Waals surface area contributed by atoms with E-state index in [2.05, 4.69) is 92.3 Å². The second-order valence-corrected chi connectivity index (χ2v) is 9.76. The summed E-state index contributed by atoms with van der Waals surface area (Å²) in [4.78, 5) is 8.32. The Balaban J connectivity index is 1.92. The molecule has 0 bridgehead atoms. The van der Waals surface area contributed by atoms with Crippen molar-refractivity contribution in [2.75, 3.05) is 31.6 Å². The summed E-state index contributed by atoms with van der Waals surface area (Å²) in [6.45, 7) is 12.0. The Morgan fingerprint density at radius 3 is 2.55 bits per heavy atom. The monoisotopic (exact) mass is 427 g/mol. The summed E-state index contributed by atoms with van der Waals surface area (Å²) in [7, 11) is 2.19. The van der Waals surface area contributed by atoms with Crippen LogP contribution < -0.4 is 10.2 Å². The zero-order valence-electron chi connectivity index (χ0n) is 18.2. The largest absolute Gasteiger partial charge is 0.376 e. The summed E-state index contributed by atoms with van der Waals surface area (Å²) in [6, 6.07) is 15.7. The number of hydrogen-bond donors (Lipinski definition) is 1. The molecule has 0 saturated carbocycles. The van der Waals surface area contributed by atoms with Gasteiger partial charge in [0.05, 0.1) is 11.4 Å². The van der Waals surface area contributed by atoms with E-state index in [1.807, 2.05) is 11.8 Å². The number of fused-ring (bicyclic) bond motifs is 2. The molecule has 1 N–H and O–H groups in total. The van der Waals surface area contributed by atoms with E-state index in [1.54, 1.807) is 0 Å². The molecule has 0 radical (unpaired) electrons. The van der Waals surface area contributed by atoms with Crippen LogP contribution in [0.2, 0.25) is 0 Å². The fraction of sp³-hybridized carbons (Fsp3) is 0.458. The van der Waals surface area contributed by atoms with Crippen molar-refractivity contribution >= 4 is 40.3 Å². The maximum atomic E-state index is 5.70. The first-order valence-corrected chi connectivity index (χ1v) is 11.8. The number of likely N-dealkylation sites (N-methyl/N-ethyl adjacent to an activating group) is 1. The van der Waals surface area contributed by atoms with Gasteiger partial charge in [0.1, 0.15) is 4.99 Å². The van der Waals surface area contributed by atoms with Gasteiger partial charge in [-0.05, 0) is 57.1 Å². The van der Waals surface area contributed by atoms with Gasteiger partial charge in [-0.25, -0.2) is 0 Å². The van der Waals surface area contributed by atoms with E-state index in [0.29, 0.717) is 12.0 Å². The summed E-state index contributed by atoms with van der Waals surface area (Å²) in [6.07, 6.45) is 1.13. The molecule has 0 spiro atoms. The van der Waals surface area contributed by atoms with Crippen molar-refractivity contribution in [3.8, 4) is 0 Å². The smallest absolute Gasteiger partial charge is 0.106 e. The Bertz CT molecular complexity index is 850. The average molecular weight is 428 g/mol. The lowest BCUT2D eigenvalue weighted by molar-refractivity contribution is 0.332. The molecule has 1 heterocycles. The molecule has 1 aliphatic rings. The third-order valence-corrected chi connectivity index (χ3v) is 6.90. The molecule has 0 aromatic heterocycles.